The van der Waals surface area contributed by atoms with Crippen molar-refractivity contribution in [2.24, 2.45) is 7.05 Å². The smallest absolute Gasteiger partial charge is 0.295 e. The van der Waals surface area contributed by atoms with Crippen LogP contribution in [-0.2, 0) is 13.5 Å². The third-order valence-electron chi connectivity index (χ3n) is 2.98. The number of hydrogen-bond acceptors (Lipinski definition) is 4. The molecular weight excluding hydrogens is 263 g/mol. The van der Waals surface area contributed by atoms with Crippen molar-refractivity contribution in [3.05, 3.63) is 45.5 Å². The van der Waals surface area contributed by atoms with Gasteiger partial charge in [-0.15, -0.1) is 0 Å². The number of halogens is 1. The van der Waals surface area contributed by atoms with Crippen LogP contribution in [-0.4, -0.2) is 14.7 Å². The van der Waals surface area contributed by atoms with Crippen molar-refractivity contribution in [2.75, 3.05) is 5.32 Å². The molecule has 0 fully saturated rings. The highest BCUT2D eigenvalue weighted by molar-refractivity contribution is 5.71. The van der Waals surface area contributed by atoms with Crippen LogP contribution in [0.1, 0.15) is 18.2 Å². The van der Waals surface area contributed by atoms with E-state index in [0.29, 0.717) is 17.7 Å². The molecule has 0 radical (unpaired) electrons. The molecule has 0 aliphatic carbocycles. The maximum absolute atomic E-state index is 13.5. The molecule has 106 valence electrons. The molecule has 7 heteroatoms. The van der Waals surface area contributed by atoms with E-state index in [0.717, 1.165) is 11.8 Å². The van der Waals surface area contributed by atoms with E-state index >= 15 is 0 Å². The Balaban J connectivity index is 2.47. The molecule has 2 rings (SSSR count). The molecule has 1 heterocycles. The van der Waals surface area contributed by atoms with Crippen LogP contribution in [0, 0.1) is 22.9 Å². The van der Waals surface area contributed by atoms with Gasteiger partial charge in [0.1, 0.15) is 11.5 Å². The highest BCUT2D eigenvalue weighted by Crippen LogP contribution is 2.31. The normalized spacial score (nSPS) is 10.6. The fourth-order valence-electron chi connectivity index (χ4n) is 1.97. The van der Waals surface area contributed by atoms with E-state index in [1.165, 1.54) is 6.07 Å². The van der Waals surface area contributed by atoms with Gasteiger partial charge in [0.15, 0.2) is 0 Å². The topological polar surface area (TPSA) is 73.0 Å². The molecule has 0 aliphatic rings. The lowest BCUT2D eigenvalue weighted by atomic mass is 10.1. The summed E-state index contributed by atoms with van der Waals surface area (Å²) in [5.41, 5.74) is 1.79. The molecule has 0 amide bonds. The Bertz CT molecular complexity index is 667. The van der Waals surface area contributed by atoms with Crippen LogP contribution in [0.25, 0.3) is 0 Å². The quantitative estimate of drug-likeness (QED) is 0.689. The first kappa shape index (κ1) is 14.0. The first-order valence-electron chi connectivity index (χ1n) is 6.16. The summed E-state index contributed by atoms with van der Waals surface area (Å²) in [5, 5.41) is 18.2. The van der Waals surface area contributed by atoms with Crippen molar-refractivity contribution in [1.29, 1.82) is 0 Å². The highest BCUT2D eigenvalue weighted by Gasteiger charge is 2.18. The Kier molecular flexibility index (Phi) is 3.69. The van der Waals surface area contributed by atoms with E-state index in [1.807, 2.05) is 6.92 Å². The number of nitrogens with zero attached hydrogens (tertiary/aromatic N) is 3. The van der Waals surface area contributed by atoms with Gasteiger partial charge < -0.3 is 5.32 Å². The van der Waals surface area contributed by atoms with Crippen molar-refractivity contribution in [3.63, 3.8) is 0 Å². The molecule has 0 unspecified atom stereocenters. The molecule has 0 saturated heterocycles. The predicted molar refractivity (Wildman–Crippen MR) is 73.7 cm³/mol. The Labute approximate surface area is 115 Å². The van der Waals surface area contributed by atoms with Crippen LogP contribution in [0.15, 0.2) is 18.3 Å². The molecular formula is C13H15FN4O2. The lowest BCUT2D eigenvalue weighted by Gasteiger charge is -2.08. The Morgan fingerprint density at radius 1 is 1.45 bits per heavy atom. The molecule has 0 aliphatic heterocycles. The number of nitrogens with one attached hydrogen (secondary N) is 1. The lowest BCUT2D eigenvalue weighted by Crippen LogP contribution is -2.00. The molecule has 0 saturated carbocycles. The molecule has 0 spiro atoms. The summed E-state index contributed by atoms with van der Waals surface area (Å²) in [6.45, 7) is 3.51. The van der Waals surface area contributed by atoms with Gasteiger partial charge in [0.05, 0.1) is 22.4 Å². The largest absolute Gasteiger partial charge is 0.347 e. The molecule has 1 aromatic heterocycles. The molecule has 0 bridgehead atoms. The van der Waals surface area contributed by atoms with Gasteiger partial charge in [0.25, 0.3) is 5.69 Å². The SMILES string of the molecule is CCc1nn(C)cc1Nc1cc(C)c(F)cc1[N+](=O)[O-]. The second kappa shape index (κ2) is 5.28. The number of benzene rings is 1. The Hall–Kier alpha value is -2.44. The van der Waals surface area contributed by atoms with Crippen molar-refractivity contribution >= 4 is 17.1 Å². The molecule has 1 N–H and O–H groups in total. The van der Waals surface area contributed by atoms with Gasteiger partial charge >= 0.3 is 0 Å². The molecule has 0 atom stereocenters. The van der Waals surface area contributed by atoms with Crippen molar-refractivity contribution in [3.8, 4) is 0 Å². The summed E-state index contributed by atoms with van der Waals surface area (Å²) in [6, 6.07) is 2.36. The number of nitro groups is 1. The minimum Gasteiger partial charge on any atom is -0.347 e. The fourth-order valence-corrected chi connectivity index (χ4v) is 1.97. The second-order valence-corrected chi connectivity index (χ2v) is 4.52. The van der Waals surface area contributed by atoms with Crippen LogP contribution in [0.4, 0.5) is 21.5 Å². The van der Waals surface area contributed by atoms with E-state index in [1.54, 1.807) is 24.9 Å². The number of anilines is 2. The first-order chi connectivity index (χ1) is 9.42. The zero-order valence-corrected chi connectivity index (χ0v) is 11.5. The third kappa shape index (κ3) is 2.61. The van der Waals surface area contributed by atoms with Crippen LogP contribution < -0.4 is 5.32 Å². The standard InChI is InChI=1S/C13H15FN4O2/c1-4-10-12(7-17(3)16-10)15-11-5-8(2)9(14)6-13(11)18(19)20/h5-7,15H,4H2,1-3H3. The fraction of sp³-hybridized carbons (Fsp3) is 0.308. The number of nitro benzene ring substituents is 1. The highest BCUT2D eigenvalue weighted by atomic mass is 19.1. The van der Waals surface area contributed by atoms with E-state index in [-0.39, 0.29) is 11.4 Å². The Morgan fingerprint density at radius 3 is 2.75 bits per heavy atom. The van der Waals surface area contributed by atoms with Crippen LogP contribution in [0.5, 0.6) is 0 Å². The summed E-state index contributed by atoms with van der Waals surface area (Å²) in [4.78, 5) is 10.4. The number of rotatable bonds is 4. The van der Waals surface area contributed by atoms with E-state index in [9.17, 15) is 14.5 Å². The summed E-state index contributed by atoms with van der Waals surface area (Å²) >= 11 is 0. The molecule has 2 aromatic rings. The molecule has 20 heavy (non-hydrogen) atoms. The van der Waals surface area contributed by atoms with Gasteiger partial charge in [-0.25, -0.2) is 4.39 Å². The predicted octanol–water partition coefficient (Wildman–Crippen LogP) is 3.08. The van der Waals surface area contributed by atoms with Gasteiger partial charge in [0.2, 0.25) is 0 Å². The van der Waals surface area contributed by atoms with Crippen LogP contribution in [0.3, 0.4) is 0 Å². The lowest BCUT2D eigenvalue weighted by molar-refractivity contribution is -0.384. The van der Waals surface area contributed by atoms with Gasteiger partial charge in [0, 0.05) is 13.2 Å². The summed E-state index contributed by atoms with van der Waals surface area (Å²) in [5.74, 6) is -0.593. The summed E-state index contributed by atoms with van der Waals surface area (Å²) in [7, 11) is 1.77. The monoisotopic (exact) mass is 278 g/mol. The average molecular weight is 278 g/mol. The van der Waals surface area contributed by atoms with E-state index in [4.69, 9.17) is 0 Å². The molecule has 6 nitrogen and oxygen atoms in total. The number of aromatic nitrogens is 2. The zero-order chi connectivity index (χ0) is 14.9. The van der Waals surface area contributed by atoms with Gasteiger partial charge in [-0.05, 0) is 25.0 Å². The van der Waals surface area contributed by atoms with Gasteiger partial charge in [-0.1, -0.05) is 6.92 Å². The van der Waals surface area contributed by atoms with E-state index < -0.39 is 10.7 Å². The Morgan fingerprint density at radius 2 is 2.15 bits per heavy atom. The minimum atomic E-state index is -0.604. The average Bonchev–Trinajstić information content (AvgIpc) is 2.73. The first-order valence-corrected chi connectivity index (χ1v) is 6.16. The van der Waals surface area contributed by atoms with Gasteiger partial charge in [-0.3, -0.25) is 14.8 Å². The minimum absolute atomic E-state index is 0.261. The third-order valence-corrected chi connectivity index (χ3v) is 2.98. The molecule has 1 aromatic carbocycles. The van der Waals surface area contributed by atoms with Crippen molar-refractivity contribution in [2.45, 2.75) is 20.3 Å². The maximum atomic E-state index is 13.5. The number of aryl methyl sites for hydroxylation is 3. The summed E-state index contributed by atoms with van der Waals surface area (Å²) < 4.78 is 15.1. The van der Waals surface area contributed by atoms with Crippen LogP contribution in [0.2, 0.25) is 0 Å². The number of hydrogen-bond donors (Lipinski definition) is 1. The van der Waals surface area contributed by atoms with E-state index in [2.05, 4.69) is 10.4 Å². The summed E-state index contributed by atoms with van der Waals surface area (Å²) in [6.07, 6.45) is 2.43. The van der Waals surface area contributed by atoms with Gasteiger partial charge in [-0.2, -0.15) is 5.10 Å². The van der Waals surface area contributed by atoms with Crippen LogP contribution >= 0.6 is 0 Å². The second-order valence-electron chi connectivity index (χ2n) is 4.52. The maximum Gasteiger partial charge on any atom is 0.295 e. The van der Waals surface area contributed by atoms with Crippen molar-refractivity contribution in [1.82, 2.24) is 9.78 Å². The zero-order valence-electron chi connectivity index (χ0n) is 11.5. The van der Waals surface area contributed by atoms with Crippen molar-refractivity contribution < 1.29 is 9.31 Å².